The van der Waals surface area contributed by atoms with E-state index < -0.39 is 0 Å². The fraction of sp³-hybridized carbons (Fsp3) is 0. The van der Waals surface area contributed by atoms with Crippen molar-refractivity contribution in [3.63, 3.8) is 0 Å². The van der Waals surface area contributed by atoms with Gasteiger partial charge in [-0.1, -0.05) is 0 Å². The van der Waals surface area contributed by atoms with Crippen LogP contribution in [0.5, 0.6) is 0 Å². The van der Waals surface area contributed by atoms with Gasteiger partial charge in [0, 0.05) is 0 Å². The van der Waals surface area contributed by atoms with Gasteiger partial charge in [-0.3, -0.25) is 0 Å². The molecule has 0 radical (unpaired) electrons. The molecular weight excluding hydrogens is 382 g/mol. The van der Waals surface area contributed by atoms with Crippen molar-refractivity contribution in [2.24, 2.45) is 0 Å². The molecule has 0 amide bonds. The molecule has 0 saturated carbocycles. The summed E-state index contributed by atoms with van der Waals surface area (Å²) in [7, 11) is 0. The van der Waals surface area contributed by atoms with E-state index in [4.69, 9.17) is 0 Å². The van der Waals surface area contributed by atoms with Crippen molar-refractivity contribution in [1.82, 2.24) is 0 Å². The van der Waals surface area contributed by atoms with Crippen molar-refractivity contribution >= 4 is 13.5 Å². The first-order valence-electron chi connectivity index (χ1n) is 0. The largest absolute Gasteiger partial charge is 3.00 e. The van der Waals surface area contributed by atoms with Crippen LogP contribution in [0.1, 0.15) is 0 Å². The van der Waals surface area contributed by atoms with E-state index in [1.165, 1.54) is 0 Å². The Morgan fingerprint density at radius 2 is 0.600 bits per heavy atom. The van der Waals surface area contributed by atoms with E-state index in [2.05, 4.69) is 0 Å². The van der Waals surface area contributed by atoms with E-state index in [1.54, 1.807) is 0 Å². The third kappa shape index (κ3) is 19.9. The molecule has 0 rings (SSSR count). The Hall–Kier alpha value is 2.84. The van der Waals surface area contributed by atoms with Gasteiger partial charge >= 0.3 is 77.2 Å². The molecule has 36 valence electrons. The predicted octanol–water partition coefficient (Wildman–Crippen LogP) is -0.240. The number of hydrogen-bond donors (Lipinski definition) is 0. The molecule has 0 N–H and O–H groups in total. The van der Waals surface area contributed by atoms with Gasteiger partial charge in [0.1, 0.15) is 0 Å². The second-order valence-corrected chi connectivity index (χ2v) is 0. The third-order valence-electron chi connectivity index (χ3n) is 0. The molecule has 0 aliphatic rings. The summed E-state index contributed by atoms with van der Waals surface area (Å²) in [5, 5.41) is 0. The maximum atomic E-state index is 0. The van der Waals surface area contributed by atoms with Gasteiger partial charge in [-0.15, -0.1) is 0 Å². The molecule has 5 heteroatoms. The Bertz CT molecular complexity index is 7.61. The quantitative estimate of drug-likeness (QED) is 0.556. The zero-order valence-electron chi connectivity index (χ0n) is 1.89. The summed E-state index contributed by atoms with van der Waals surface area (Å²) in [6.07, 6.45) is 0. The van der Waals surface area contributed by atoms with E-state index in [1.807, 2.05) is 0 Å². The van der Waals surface area contributed by atoms with Gasteiger partial charge in [0.15, 0.2) is 0 Å². The molecule has 0 fully saturated rings. The summed E-state index contributed by atoms with van der Waals surface area (Å²) < 4.78 is 0. The predicted molar refractivity (Wildman–Crippen MR) is 8.74 cm³/mol. The normalized spacial score (nSPS) is 0. The van der Waals surface area contributed by atoms with Crippen molar-refractivity contribution in [2.75, 3.05) is 0 Å². The number of hydrogen-bond acceptors (Lipinski definition) is 0. The van der Waals surface area contributed by atoms with E-state index in [0.29, 0.717) is 0 Å². The average molecular weight is 382 g/mol. The van der Waals surface area contributed by atoms with Crippen LogP contribution in [-0.4, -0.2) is 0 Å². The van der Waals surface area contributed by atoms with Gasteiger partial charge in [0.2, 0.25) is 0 Å². The third-order valence-corrected chi connectivity index (χ3v) is 0. The van der Waals surface area contributed by atoms with Crippen LogP contribution in [0.2, 0.25) is 0 Å². The first-order valence-corrected chi connectivity index (χ1v) is 0. The summed E-state index contributed by atoms with van der Waals surface area (Å²) in [4.78, 5) is 0. The summed E-state index contributed by atoms with van der Waals surface area (Å²) >= 11 is 0. The fourth-order valence-electron chi connectivity index (χ4n) is 0. The molecule has 0 aliphatic heterocycles. The Labute approximate surface area is 99.4 Å². The molecule has 2 nitrogen and oxygen atoms in total. The molecule has 0 heterocycles. The van der Waals surface area contributed by atoms with E-state index in [9.17, 15) is 0 Å². The fourth-order valence-corrected chi connectivity index (χ4v) is 0. The Kier molecular flexibility index (Phi) is 263. The van der Waals surface area contributed by atoms with Crippen LogP contribution in [0, 0.1) is 77.2 Å². The monoisotopic (exact) mass is 382 g/mol. The first-order chi connectivity index (χ1) is 0. The minimum atomic E-state index is 0. The molecule has 0 aromatic heterocycles. The molecule has 0 unspecified atom stereocenters. The molecule has 0 aromatic carbocycles. The topological polar surface area (TPSA) is 57.0 Å². The van der Waals surface area contributed by atoms with Crippen molar-refractivity contribution < 1.29 is 88.2 Å². The van der Waals surface area contributed by atoms with E-state index in [-0.39, 0.29) is 102 Å². The van der Waals surface area contributed by atoms with Crippen molar-refractivity contribution in [3.05, 3.63) is 0 Å². The molecule has 0 bridgehead atoms. The van der Waals surface area contributed by atoms with Gasteiger partial charge < -0.3 is 24.4 Å². The minimum Gasteiger partial charge on any atom is -2.00 e. The van der Waals surface area contributed by atoms with E-state index in [0.717, 1.165) is 0 Å². The van der Waals surface area contributed by atoms with Crippen LogP contribution < -0.4 is 0 Å². The second kappa shape index (κ2) is 28.9. The second-order valence-electron chi connectivity index (χ2n) is 0. The van der Waals surface area contributed by atoms with Crippen LogP contribution in [0.4, 0.5) is 0 Å². The van der Waals surface area contributed by atoms with E-state index >= 15 is 0 Å². The average Bonchev–Trinajstić information content (AvgIpc) is 0. The van der Waals surface area contributed by atoms with Crippen molar-refractivity contribution in [3.8, 4) is 0 Å². The van der Waals surface area contributed by atoms with Crippen LogP contribution in [0.25, 0.3) is 0 Å². The molecule has 0 saturated heterocycles. The van der Waals surface area contributed by atoms with Crippen LogP contribution in [0.15, 0.2) is 0 Å². The summed E-state index contributed by atoms with van der Waals surface area (Å²) in [6.45, 7) is 0. The SMILES string of the molecule is [O-2].[O-2].[S-2].[Tb+3].[Tb+3]. The summed E-state index contributed by atoms with van der Waals surface area (Å²) in [5.41, 5.74) is 0. The molecule has 0 aliphatic carbocycles. The zero-order valence-corrected chi connectivity index (χ0v) is 6.99. The van der Waals surface area contributed by atoms with Gasteiger partial charge in [0.25, 0.3) is 0 Å². The van der Waals surface area contributed by atoms with Crippen LogP contribution >= 0.6 is 0 Å². The maximum Gasteiger partial charge on any atom is 3.00 e. The van der Waals surface area contributed by atoms with Crippen LogP contribution in [-0.2, 0) is 24.4 Å². The first kappa shape index (κ1) is 45.5. The van der Waals surface area contributed by atoms with Gasteiger partial charge in [-0.2, -0.15) is 0 Å². The zero-order chi connectivity index (χ0) is 0. The van der Waals surface area contributed by atoms with Crippen LogP contribution in [0.3, 0.4) is 0 Å². The minimum absolute atomic E-state index is 0. The molecule has 0 spiro atoms. The Balaban J connectivity index is 0. The van der Waals surface area contributed by atoms with Gasteiger partial charge in [-0.05, 0) is 0 Å². The maximum absolute atomic E-state index is 0. The van der Waals surface area contributed by atoms with Crippen molar-refractivity contribution in [1.29, 1.82) is 0 Å². The molecule has 0 aromatic rings. The van der Waals surface area contributed by atoms with Gasteiger partial charge in [0.05, 0.1) is 0 Å². The molecular formula is O2STb2. The Morgan fingerprint density at radius 1 is 0.600 bits per heavy atom. The molecule has 0 atom stereocenters. The smallest absolute Gasteiger partial charge is 2.00 e. The molecule has 5 heavy (non-hydrogen) atoms. The summed E-state index contributed by atoms with van der Waals surface area (Å²) in [6, 6.07) is 0. The summed E-state index contributed by atoms with van der Waals surface area (Å²) in [5.74, 6) is 0. The Morgan fingerprint density at radius 3 is 0.600 bits per heavy atom. The van der Waals surface area contributed by atoms with Gasteiger partial charge in [-0.25, -0.2) is 0 Å². The number of rotatable bonds is 0. The van der Waals surface area contributed by atoms with Crippen molar-refractivity contribution in [2.45, 2.75) is 0 Å². The standard InChI is InChI=1S/2O.S.2Tb/q3*-2;2*+3.